The van der Waals surface area contributed by atoms with E-state index in [1.165, 1.54) is 0 Å². The molecule has 0 rings (SSSR count). The minimum atomic E-state index is -4.53. The molecule has 2 atom stereocenters. The van der Waals surface area contributed by atoms with Gasteiger partial charge in [-0.25, -0.2) is 8.98 Å². The van der Waals surface area contributed by atoms with Gasteiger partial charge in [-0.15, -0.1) is 0 Å². The predicted molar refractivity (Wildman–Crippen MR) is 48.6 cm³/mol. The van der Waals surface area contributed by atoms with E-state index in [-0.39, 0.29) is 0 Å². The third-order valence-corrected chi connectivity index (χ3v) is 3.34. The largest absolute Gasteiger partial charge is 0.467 e. The number of ether oxygens (including phenoxy) is 1. The van der Waals surface area contributed by atoms with E-state index >= 15 is 0 Å². The quantitative estimate of drug-likeness (QED) is 0.392. The normalized spacial score (nSPS) is 17.9. The molecule has 0 aromatic heterocycles. The smallest absolute Gasteiger partial charge is 0.369 e. The van der Waals surface area contributed by atoms with Gasteiger partial charge in [0.25, 0.3) is 16.0 Å². The van der Waals surface area contributed by atoms with Crippen LogP contribution in [0.1, 0.15) is 0 Å². The van der Waals surface area contributed by atoms with Gasteiger partial charge >= 0.3 is 13.6 Å². The van der Waals surface area contributed by atoms with Crippen molar-refractivity contribution in [3.63, 3.8) is 0 Å². The second-order valence-corrected chi connectivity index (χ2v) is 5.99. The van der Waals surface area contributed by atoms with Crippen LogP contribution < -0.4 is 0 Å². The third kappa shape index (κ3) is 4.72. The zero-order valence-electron chi connectivity index (χ0n) is 8.24. The van der Waals surface area contributed by atoms with Crippen molar-refractivity contribution < 1.29 is 36.1 Å². The average Bonchev–Trinajstić information content (AvgIpc) is 2.11. The van der Waals surface area contributed by atoms with Gasteiger partial charge < -0.3 is 14.2 Å². The molecule has 10 heteroatoms. The van der Waals surface area contributed by atoms with Crippen LogP contribution in [-0.2, 0) is 32.9 Å². The van der Waals surface area contributed by atoms with Gasteiger partial charge in [0, 0.05) is 7.11 Å². The predicted octanol–water partition coefficient (Wildman–Crippen LogP) is -0.707. The monoisotopic (exact) mass is 262 g/mol. The minimum absolute atomic E-state index is 0.624. The Bertz CT molecular complexity index is 372. The molecule has 0 aromatic rings. The van der Waals surface area contributed by atoms with Crippen LogP contribution in [0.25, 0.3) is 0 Å². The molecule has 0 saturated carbocycles. The van der Waals surface area contributed by atoms with Crippen molar-refractivity contribution >= 4 is 23.7 Å². The second kappa shape index (κ2) is 5.04. The van der Waals surface area contributed by atoms with E-state index < -0.39 is 29.5 Å². The number of carbonyl (C=O) groups excluding carboxylic acids is 1. The fourth-order valence-corrected chi connectivity index (χ4v) is 2.47. The Morgan fingerprint density at radius 3 is 2.13 bits per heavy atom. The summed E-state index contributed by atoms with van der Waals surface area (Å²) < 4.78 is 44.9. The van der Waals surface area contributed by atoms with E-state index in [1.54, 1.807) is 0 Å². The Hall–Kier alpha value is -0.470. The molecule has 1 N–H and O–H groups in total. The Morgan fingerprint density at radius 2 is 1.87 bits per heavy atom. The number of hydrogen-bond donors (Lipinski definition) is 1. The first-order chi connectivity index (χ1) is 6.64. The molecule has 8 nitrogen and oxygen atoms in total. The van der Waals surface area contributed by atoms with Gasteiger partial charge in [-0.05, 0) is 0 Å². The number of hydrogen-bond acceptors (Lipinski definition) is 7. The lowest BCUT2D eigenvalue weighted by molar-refractivity contribution is -0.145. The van der Waals surface area contributed by atoms with Gasteiger partial charge in [0.15, 0.2) is 0 Å². The standard InChI is InChI=1S/C5H11O8PS/c1-11-4(6)5(13-15(3,9)10)14(7,8)12-2/h5H,1-3H3,(H,7,8). The van der Waals surface area contributed by atoms with Crippen molar-refractivity contribution in [3.8, 4) is 0 Å². The maximum absolute atomic E-state index is 11.2. The summed E-state index contributed by atoms with van der Waals surface area (Å²) in [6.07, 6.45) is 0.624. The van der Waals surface area contributed by atoms with Crippen LogP contribution in [0.15, 0.2) is 0 Å². The molecule has 0 aromatic carbocycles. The van der Waals surface area contributed by atoms with Crippen LogP contribution >= 0.6 is 7.60 Å². The van der Waals surface area contributed by atoms with E-state index in [0.717, 1.165) is 14.2 Å². The molecule has 0 saturated heterocycles. The van der Waals surface area contributed by atoms with Crippen LogP contribution in [0.5, 0.6) is 0 Å². The second-order valence-electron chi connectivity index (χ2n) is 2.42. The van der Waals surface area contributed by atoms with Crippen LogP contribution in [0.2, 0.25) is 0 Å². The summed E-state index contributed by atoms with van der Waals surface area (Å²) in [5.41, 5.74) is 0. The van der Waals surface area contributed by atoms with Gasteiger partial charge in [-0.2, -0.15) is 8.42 Å². The lowest BCUT2D eigenvalue weighted by Gasteiger charge is -2.17. The van der Waals surface area contributed by atoms with Crippen LogP contribution in [-0.4, -0.2) is 45.6 Å². The first kappa shape index (κ1) is 14.5. The molecule has 0 heterocycles. The van der Waals surface area contributed by atoms with Crippen LogP contribution in [0.3, 0.4) is 0 Å². The van der Waals surface area contributed by atoms with E-state index in [9.17, 15) is 17.8 Å². The first-order valence-electron chi connectivity index (χ1n) is 3.48. The number of rotatable bonds is 5. The highest BCUT2D eigenvalue weighted by Gasteiger charge is 2.42. The molecule has 0 fully saturated rings. The molecule has 0 aliphatic heterocycles. The van der Waals surface area contributed by atoms with E-state index in [0.29, 0.717) is 6.26 Å². The lowest BCUT2D eigenvalue weighted by Crippen LogP contribution is -2.28. The summed E-state index contributed by atoms with van der Waals surface area (Å²) in [6.45, 7) is 0. The van der Waals surface area contributed by atoms with Gasteiger partial charge in [0.05, 0.1) is 13.4 Å². The SMILES string of the molecule is COC(=O)C(OS(C)(=O)=O)P(=O)(O)OC. The van der Waals surface area contributed by atoms with Gasteiger partial charge in [-0.1, -0.05) is 0 Å². The average molecular weight is 262 g/mol. The molecule has 0 amide bonds. The van der Waals surface area contributed by atoms with Crippen LogP contribution in [0.4, 0.5) is 0 Å². The molecule has 0 bridgehead atoms. The summed E-state index contributed by atoms with van der Waals surface area (Å²) in [5, 5.41) is 0. The Labute approximate surface area is 86.8 Å². The van der Waals surface area contributed by atoms with E-state index in [4.69, 9.17) is 4.89 Å². The molecule has 2 unspecified atom stereocenters. The number of carbonyl (C=O) groups is 1. The van der Waals surface area contributed by atoms with Crippen molar-refractivity contribution in [2.75, 3.05) is 20.5 Å². The highest BCUT2D eigenvalue weighted by Crippen LogP contribution is 2.48. The molecule has 0 radical (unpaired) electrons. The fraction of sp³-hybridized carbons (Fsp3) is 0.800. The maximum Gasteiger partial charge on any atom is 0.369 e. The first-order valence-corrected chi connectivity index (χ1v) is 6.94. The zero-order chi connectivity index (χ0) is 12.3. The summed E-state index contributed by atoms with van der Waals surface area (Å²) in [4.78, 5) is 20.1. The molecule has 90 valence electrons. The summed E-state index contributed by atoms with van der Waals surface area (Å²) in [7, 11) is -6.86. The van der Waals surface area contributed by atoms with Crippen molar-refractivity contribution in [1.29, 1.82) is 0 Å². The Morgan fingerprint density at radius 1 is 1.40 bits per heavy atom. The Balaban J connectivity index is 5.09. The highest BCUT2D eigenvalue weighted by molar-refractivity contribution is 7.86. The molecule has 0 aliphatic rings. The minimum Gasteiger partial charge on any atom is -0.467 e. The summed E-state index contributed by atoms with van der Waals surface area (Å²) >= 11 is 0. The van der Waals surface area contributed by atoms with Gasteiger partial charge in [0.2, 0.25) is 0 Å². The molecular formula is C5H11O8PS. The summed E-state index contributed by atoms with van der Waals surface area (Å²) in [5.74, 6) is -3.52. The number of methoxy groups -OCH3 is 1. The van der Waals surface area contributed by atoms with E-state index in [2.05, 4.69) is 13.4 Å². The Kier molecular flexibility index (Phi) is 4.88. The molecular weight excluding hydrogens is 251 g/mol. The van der Waals surface area contributed by atoms with Crippen molar-refractivity contribution in [3.05, 3.63) is 0 Å². The van der Waals surface area contributed by atoms with Gasteiger partial charge in [-0.3, -0.25) is 4.57 Å². The fourth-order valence-electron chi connectivity index (χ4n) is 0.589. The van der Waals surface area contributed by atoms with E-state index in [1.807, 2.05) is 0 Å². The zero-order valence-corrected chi connectivity index (χ0v) is 9.95. The van der Waals surface area contributed by atoms with Gasteiger partial charge in [0.1, 0.15) is 0 Å². The molecule has 0 spiro atoms. The number of esters is 1. The molecule has 15 heavy (non-hydrogen) atoms. The highest BCUT2D eigenvalue weighted by atomic mass is 32.2. The van der Waals surface area contributed by atoms with Crippen molar-refractivity contribution in [1.82, 2.24) is 0 Å². The van der Waals surface area contributed by atoms with Crippen LogP contribution in [0, 0.1) is 0 Å². The summed E-state index contributed by atoms with van der Waals surface area (Å²) in [6, 6.07) is 0. The maximum atomic E-state index is 11.2. The topological polar surface area (TPSA) is 116 Å². The van der Waals surface area contributed by atoms with Crippen molar-refractivity contribution in [2.24, 2.45) is 0 Å². The third-order valence-electron chi connectivity index (χ3n) is 1.23. The lowest BCUT2D eigenvalue weighted by atomic mass is 10.7. The van der Waals surface area contributed by atoms with Crippen molar-refractivity contribution in [2.45, 2.75) is 5.85 Å². The molecule has 0 aliphatic carbocycles.